The number of hydrogen-bond acceptors (Lipinski definition) is 4. The fourth-order valence-corrected chi connectivity index (χ4v) is 2.09. The van der Waals surface area contributed by atoms with Gasteiger partial charge in [-0.15, -0.1) is 0 Å². The average Bonchev–Trinajstić information content (AvgIpc) is 2.46. The number of aromatic nitrogens is 2. The average molecular weight is 356 g/mol. The third kappa shape index (κ3) is 4.37. The molecule has 0 fully saturated rings. The van der Waals surface area contributed by atoms with Crippen molar-refractivity contribution in [1.82, 2.24) is 9.78 Å². The van der Waals surface area contributed by atoms with Crippen LogP contribution in [0.4, 0.5) is 4.39 Å². The lowest BCUT2D eigenvalue weighted by molar-refractivity contribution is 0.309. The van der Waals surface area contributed by atoms with Gasteiger partial charge in [-0.1, -0.05) is 15.9 Å². The Morgan fingerprint density at radius 3 is 2.90 bits per heavy atom. The predicted molar refractivity (Wildman–Crippen MR) is 80.9 cm³/mol. The lowest BCUT2D eigenvalue weighted by Gasteiger charge is -2.09. The van der Waals surface area contributed by atoms with Gasteiger partial charge in [0, 0.05) is 10.5 Å². The minimum Gasteiger partial charge on any atom is -0.492 e. The highest BCUT2D eigenvalue weighted by atomic mass is 79.9. The summed E-state index contributed by atoms with van der Waals surface area (Å²) in [6.07, 6.45) is 2.17. The van der Waals surface area contributed by atoms with Crippen molar-refractivity contribution in [2.75, 3.05) is 13.2 Å². The van der Waals surface area contributed by atoms with E-state index in [9.17, 15) is 9.18 Å². The number of halogens is 2. The Morgan fingerprint density at radius 2 is 2.19 bits per heavy atom. The molecule has 0 bridgehead atoms. The predicted octanol–water partition coefficient (Wildman–Crippen LogP) is 1.92. The highest BCUT2D eigenvalue weighted by Gasteiger charge is 2.06. The summed E-state index contributed by atoms with van der Waals surface area (Å²) in [6, 6.07) is 5.67. The second-order valence-electron chi connectivity index (χ2n) is 4.41. The van der Waals surface area contributed by atoms with Gasteiger partial charge >= 0.3 is 0 Å². The maximum atomic E-state index is 13.2. The highest BCUT2D eigenvalue weighted by molar-refractivity contribution is 9.10. The third-order valence-electron chi connectivity index (χ3n) is 2.79. The van der Waals surface area contributed by atoms with E-state index in [1.807, 2.05) is 0 Å². The van der Waals surface area contributed by atoms with Crippen LogP contribution >= 0.6 is 15.9 Å². The van der Waals surface area contributed by atoms with E-state index in [1.54, 1.807) is 6.07 Å². The first kappa shape index (κ1) is 15.7. The summed E-state index contributed by atoms with van der Waals surface area (Å²) in [5, 5.41) is 4.03. The Hall–Kier alpha value is -1.73. The Balaban J connectivity index is 2.14. The molecule has 21 heavy (non-hydrogen) atoms. The van der Waals surface area contributed by atoms with E-state index in [4.69, 9.17) is 10.5 Å². The Bertz CT molecular complexity index is 676. The molecule has 0 atom stereocenters. The largest absolute Gasteiger partial charge is 0.492 e. The molecular formula is C14H15BrFN3O2. The van der Waals surface area contributed by atoms with Crippen LogP contribution in [-0.4, -0.2) is 22.9 Å². The van der Waals surface area contributed by atoms with Crippen LogP contribution in [-0.2, 0) is 6.54 Å². The fourth-order valence-electron chi connectivity index (χ4n) is 1.71. The van der Waals surface area contributed by atoms with Crippen molar-refractivity contribution < 1.29 is 9.13 Å². The summed E-state index contributed by atoms with van der Waals surface area (Å²) in [5.41, 5.74) is 5.69. The lowest BCUT2D eigenvalue weighted by atomic mass is 10.2. The summed E-state index contributed by atoms with van der Waals surface area (Å²) in [4.78, 5) is 12.0. The van der Waals surface area contributed by atoms with Gasteiger partial charge in [-0.3, -0.25) is 4.79 Å². The normalized spacial score (nSPS) is 10.6. The van der Waals surface area contributed by atoms with Crippen LogP contribution in [0.1, 0.15) is 12.0 Å². The number of hydrogen-bond donors (Lipinski definition) is 1. The van der Waals surface area contributed by atoms with Gasteiger partial charge in [-0.2, -0.15) is 5.10 Å². The van der Waals surface area contributed by atoms with E-state index in [-0.39, 0.29) is 17.9 Å². The number of nitrogens with zero attached hydrogens (tertiary/aromatic N) is 2. The molecule has 0 spiro atoms. The topological polar surface area (TPSA) is 70.1 Å². The molecule has 7 heteroatoms. The summed E-state index contributed by atoms with van der Waals surface area (Å²) < 4.78 is 20.5. The molecule has 5 nitrogen and oxygen atoms in total. The van der Waals surface area contributed by atoms with Crippen molar-refractivity contribution in [2.24, 2.45) is 5.73 Å². The van der Waals surface area contributed by atoms with E-state index >= 15 is 0 Å². The van der Waals surface area contributed by atoms with Crippen LogP contribution in [0.15, 0.2) is 39.7 Å². The van der Waals surface area contributed by atoms with E-state index in [2.05, 4.69) is 21.0 Å². The minimum absolute atomic E-state index is 0.181. The Labute approximate surface area is 129 Å². The van der Waals surface area contributed by atoms with Gasteiger partial charge in [0.25, 0.3) is 5.56 Å². The summed E-state index contributed by atoms with van der Waals surface area (Å²) in [7, 11) is 0. The number of benzene rings is 1. The monoisotopic (exact) mass is 355 g/mol. The number of rotatable bonds is 6. The van der Waals surface area contributed by atoms with Gasteiger partial charge in [0.05, 0.1) is 19.3 Å². The van der Waals surface area contributed by atoms with Gasteiger partial charge in [0.1, 0.15) is 11.6 Å². The van der Waals surface area contributed by atoms with Gasteiger partial charge in [-0.25, -0.2) is 9.07 Å². The van der Waals surface area contributed by atoms with Crippen LogP contribution in [0, 0.1) is 5.82 Å². The molecule has 112 valence electrons. The molecule has 1 aromatic carbocycles. The highest BCUT2D eigenvalue weighted by Crippen LogP contribution is 2.18. The van der Waals surface area contributed by atoms with Crippen molar-refractivity contribution in [3.8, 4) is 5.75 Å². The molecule has 0 aliphatic rings. The molecule has 0 amide bonds. The molecule has 0 radical (unpaired) electrons. The molecule has 0 aliphatic carbocycles. The smallest absolute Gasteiger partial charge is 0.270 e. The zero-order valence-electron chi connectivity index (χ0n) is 11.3. The molecule has 0 saturated carbocycles. The molecule has 2 N–H and O–H groups in total. The van der Waals surface area contributed by atoms with Crippen molar-refractivity contribution >= 4 is 15.9 Å². The molecule has 2 aromatic rings. The van der Waals surface area contributed by atoms with E-state index in [0.717, 1.165) is 4.47 Å². The van der Waals surface area contributed by atoms with E-state index in [0.29, 0.717) is 30.9 Å². The third-order valence-corrected chi connectivity index (χ3v) is 3.56. The zero-order chi connectivity index (χ0) is 15.2. The van der Waals surface area contributed by atoms with Gasteiger partial charge < -0.3 is 10.5 Å². The fraction of sp³-hybridized carbons (Fsp3) is 0.286. The van der Waals surface area contributed by atoms with Crippen molar-refractivity contribution in [1.29, 1.82) is 0 Å². The van der Waals surface area contributed by atoms with E-state index < -0.39 is 0 Å². The number of ether oxygens (including phenoxy) is 1. The zero-order valence-corrected chi connectivity index (χ0v) is 12.8. The Morgan fingerprint density at radius 1 is 1.38 bits per heavy atom. The van der Waals surface area contributed by atoms with Crippen molar-refractivity contribution in [3.63, 3.8) is 0 Å². The van der Waals surface area contributed by atoms with Gasteiger partial charge in [0.2, 0.25) is 0 Å². The molecular weight excluding hydrogens is 341 g/mol. The summed E-state index contributed by atoms with van der Waals surface area (Å²) in [6.45, 7) is 1.15. The van der Waals surface area contributed by atoms with Crippen LogP contribution in [0.3, 0.4) is 0 Å². The van der Waals surface area contributed by atoms with Crippen LogP contribution in [0.25, 0.3) is 0 Å². The molecule has 0 saturated heterocycles. The van der Waals surface area contributed by atoms with Gasteiger partial charge in [-0.05, 0) is 36.7 Å². The second-order valence-corrected chi connectivity index (χ2v) is 5.27. The quantitative estimate of drug-likeness (QED) is 0.803. The molecule has 1 aromatic heterocycles. The maximum Gasteiger partial charge on any atom is 0.270 e. The van der Waals surface area contributed by atoms with Crippen LogP contribution in [0.2, 0.25) is 0 Å². The van der Waals surface area contributed by atoms with Crippen molar-refractivity contribution in [2.45, 2.75) is 13.0 Å². The first-order valence-corrected chi connectivity index (χ1v) is 7.23. The van der Waals surface area contributed by atoms with E-state index in [1.165, 1.54) is 29.1 Å². The first-order chi connectivity index (χ1) is 10.1. The molecule has 2 rings (SSSR count). The molecule has 0 unspecified atom stereocenters. The summed E-state index contributed by atoms with van der Waals surface area (Å²) >= 11 is 3.32. The van der Waals surface area contributed by atoms with Crippen molar-refractivity contribution in [3.05, 3.63) is 56.7 Å². The first-order valence-electron chi connectivity index (χ1n) is 6.44. The number of nitrogens with two attached hydrogens (primary N) is 1. The Kier molecular flexibility index (Phi) is 5.46. The molecule has 1 heterocycles. The maximum absolute atomic E-state index is 13.2. The molecule has 0 aliphatic heterocycles. The van der Waals surface area contributed by atoms with Gasteiger partial charge in [0.15, 0.2) is 0 Å². The minimum atomic E-state index is -0.358. The van der Waals surface area contributed by atoms with Crippen LogP contribution in [0.5, 0.6) is 5.75 Å². The summed E-state index contributed by atoms with van der Waals surface area (Å²) in [5.74, 6) is 0.0472. The lowest BCUT2D eigenvalue weighted by Crippen LogP contribution is -2.23. The van der Waals surface area contributed by atoms with Crippen LogP contribution < -0.4 is 16.0 Å². The standard InChI is InChI=1S/C14H15BrFN3O2/c15-13-3-2-11(16)6-10(13)9-19-14(20)7-12(8-18-19)21-5-1-4-17/h2-3,6-8H,1,4-5,9,17H2. The second kappa shape index (κ2) is 7.33. The SMILES string of the molecule is NCCCOc1cnn(Cc2cc(F)ccc2Br)c(=O)c1.